The number of hydrogen-bond donors (Lipinski definition) is 2. The molecular formula is C13H17NO3. The molecular weight excluding hydrogens is 218 g/mol. The third-order valence-corrected chi connectivity index (χ3v) is 2.72. The van der Waals surface area contributed by atoms with E-state index in [1.165, 1.54) is 7.05 Å². The summed E-state index contributed by atoms with van der Waals surface area (Å²) >= 11 is 0. The van der Waals surface area contributed by atoms with E-state index in [1.807, 2.05) is 32.9 Å². The van der Waals surface area contributed by atoms with Gasteiger partial charge in [-0.1, -0.05) is 17.7 Å². The van der Waals surface area contributed by atoms with Crippen LogP contribution in [0.15, 0.2) is 12.1 Å². The van der Waals surface area contributed by atoms with E-state index < -0.39 is 17.8 Å². The van der Waals surface area contributed by atoms with Gasteiger partial charge in [0.05, 0.1) is 0 Å². The number of Topliss-reactive ketones (excluding diaryl/α,β-unsaturated/α-hetero) is 1. The first-order valence-electron chi connectivity index (χ1n) is 5.40. The average Bonchev–Trinajstić information content (AvgIpc) is 2.15. The van der Waals surface area contributed by atoms with Gasteiger partial charge in [0.25, 0.3) is 0 Å². The van der Waals surface area contributed by atoms with Crippen LogP contribution in [0, 0.1) is 20.8 Å². The van der Waals surface area contributed by atoms with Crippen molar-refractivity contribution >= 4 is 11.8 Å². The predicted molar refractivity (Wildman–Crippen MR) is 65.5 cm³/mol. The molecule has 0 aromatic heterocycles. The Morgan fingerprint density at radius 2 is 1.65 bits per heavy atom. The monoisotopic (exact) mass is 235 g/mol. The van der Waals surface area contributed by atoms with Crippen LogP contribution in [0.3, 0.4) is 0 Å². The van der Waals surface area contributed by atoms with Crippen molar-refractivity contribution in [2.75, 3.05) is 7.05 Å². The molecule has 92 valence electrons. The summed E-state index contributed by atoms with van der Waals surface area (Å²) in [7, 11) is 1.47. The molecule has 17 heavy (non-hydrogen) atoms. The lowest BCUT2D eigenvalue weighted by molar-refractivity contribution is -0.137. The van der Waals surface area contributed by atoms with Crippen LogP contribution in [-0.4, -0.2) is 29.9 Å². The van der Waals surface area contributed by atoms with Gasteiger partial charge in [-0.15, -0.1) is 0 Å². The second-order valence-corrected chi connectivity index (χ2v) is 4.20. The van der Waals surface area contributed by atoms with E-state index in [-0.39, 0.29) is 0 Å². The maximum atomic E-state index is 12.1. The number of rotatable bonds is 4. The summed E-state index contributed by atoms with van der Waals surface area (Å²) in [5.74, 6) is -1.55. The minimum absolute atomic E-state index is 0.394. The second kappa shape index (κ2) is 5.10. The highest BCUT2D eigenvalue weighted by molar-refractivity contribution is 6.13. The molecule has 0 saturated heterocycles. The van der Waals surface area contributed by atoms with Crippen LogP contribution in [0.1, 0.15) is 27.0 Å². The van der Waals surface area contributed by atoms with Crippen LogP contribution in [0.25, 0.3) is 0 Å². The number of ketones is 1. The van der Waals surface area contributed by atoms with Crippen LogP contribution < -0.4 is 5.32 Å². The number of benzene rings is 1. The van der Waals surface area contributed by atoms with E-state index in [4.69, 9.17) is 5.11 Å². The third kappa shape index (κ3) is 2.71. The molecule has 0 amide bonds. The minimum Gasteiger partial charge on any atom is -0.480 e. The first-order valence-corrected chi connectivity index (χ1v) is 5.40. The van der Waals surface area contributed by atoms with Crippen molar-refractivity contribution < 1.29 is 14.7 Å². The van der Waals surface area contributed by atoms with Gasteiger partial charge in [-0.05, 0) is 38.9 Å². The number of carbonyl (C=O) groups excluding carboxylic acids is 1. The summed E-state index contributed by atoms with van der Waals surface area (Å²) in [6.07, 6.45) is 0. The molecule has 0 radical (unpaired) electrons. The van der Waals surface area contributed by atoms with E-state index >= 15 is 0 Å². The van der Waals surface area contributed by atoms with Crippen LogP contribution in [-0.2, 0) is 4.79 Å². The van der Waals surface area contributed by atoms with Gasteiger partial charge in [0.15, 0.2) is 11.8 Å². The highest BCUT2D eigenvalue weighted by Gasteiger charge is 2.27. The molecule has 0 bridgehead atoms. The van der Waals surface area contributed by atoms with Crippen molar-refractivity contribution in [3.8, 4) is 0 Å². The van der Waals surface area contributed by atoms with Gasteiger partial charge >= 0.3 is 5.97 Å². The molecule has 1 aromatic carbocycles. The Kier molecular flexibility index (Phi) is 4.02. The van der Waals surface area contributed by atoms with Crippen LogP contribution in [0.4, 0.5) is 0 Å². The standard InChI is InChI=1S/C13H17NO3/c1-7-5-8(2)10(9(3)6-7)12(15)11(14-4)13(16)17/h5-6,11,14H,1-4H3,(H,16,17). The van der Waals surface area contributed by atoms with Crippen LogP contribution >= 0.6 is 0 Å². The summed E-state index contributed by atoms with van der Waals surface area (Å²) in [5, 5.41) is 11.5. The summed E-state index contributed by atoms with van der Waals surface area (Å²) < 4.78 is 0. The molecule has 0 aliphatic rings. The Morgan fingerprint density at radius 1 is 1.18 bits per heavy atom. The van der Waals surface area contributed by atoms with Crippen molar-refractivity contribution in [3.63, 3.8) is 0 Å². The van der Waals surface area contributed by atoms with E-state index in [2.05, 4.69) is 5.32 Å². The summed E-state index contributed by atoms with van der Waals surface area (Å²) in [6, 6.07) is 2.58. The topological polar surface area (TPSA) is 66.4 Å². The Hall–Kier alpha value is -1.68. The number of aliphatic carboxylic acids is 1. The molecule has 4 nitrogen and oxygen atoms in total. The molecule has 1 rings (SSSR count). The maximum Gasteiger partial charge on any atom is 0.328 e. The largest absolute Gasteiger partial charge is 0.480 e. The van der Waals surface area contributed by atoms with Gasteiger partial charge in [0.1, 0.15) is 0 Å². The minimum atomic E-state index is -1.19. The molecule has 0 fully saturated rings. The van der Waals surface area contributed by atoms with Crippen molar-refractivity contribution in [1.82, 2.24) is 5.32 Å². The zero-order chi connectivity index (χ0) is 13.2. The zero-order valence-electron chi connectivity index (χ0n) is 10.5. The van der Waals surface area contributed by atoms with Crippen LogP contribution in [0.5, 0.6) is 0 Å². The van der Waals surface area contributed by atoms with Gasteiger partial charge in [-0.3, -0.25) is 9.59 Å². The second-order valence-electron chi connectivity index (χ2n) is 4.20. The fourth-order valence-electron chi connectivity index (χ4n) is 2.08. The fraction of sp³-hybridized carbons (Fsp3) is 0.385. The van der Waals surface area contributed by atoms with Crippen molar-refractivity contribution in [1.29, 1.82) is 0 Å². The Morgan fingerprint density at radius 3 is 2.00 bits per heavy atom. The Balaban J connectivity index is 3.25. The van der Waals surface area contributed by atoms with E-state index in [0.717, 1.165) is 16.7 Å². The molecule has 0 aliphatic carbocycles. The molecule has 0 heterocycles. The average molecular weight is 235 g/mol. The number of aryl methyl sites for hydroxylation is 3. The number of carboxylic acids is 1. The van der Waals surface area contributed by atoms with Crippen molar-refractivity contribution in [3.05, 3.63) is 34.4 Å². The quantitative estimate of drug-likeness (QED) is 0.612. The Bertz CT molecular complexity index is 443. The predicted octanol–water partition coefficient (Wildman–Crippen LogP) is 1.47. The van der Waals surface area contributed by atoms with E-state index in [0.29, 0.717) is 5.56 Å². The molecule has 0 aliphatic heterocycles. The summed E-state index contributed by atoms with van der Waals surface area (Å²) in [6.45, 7) is 5.59. The molecule has 0 saturated carbocycles. The van der Waals surface area contributed by atoms with E-state index in [1.54, 1.807) is 0 Å². The first-order chi connectivity index (χ1) is 7.88. The molecule has 1 unspecified atom stereocenters. The van der Waals surface area contributed by atoms with Gasteiger partial charge in [0.2, 0.25) is 0 Å². The lowest BCUT2D eigenvalue weighted by atomic mass is 9.93. The molecule has 1 aromatic rings. The van der Waals surface area contributed by atoms with Crippen molar-refractivity contribution in [2.45, 2.75) is 26.8 Å². The van der Waals surface area contributed by atoms with Gasteiger partial charge < -0.3 is 10.4 Å². The fourth-order valence-corrected chi connectivity index (χ4v) is 2.08. The normalized spacial score (nSPS) is 12.2. The van der Waals surface area contributed by atoms with Gasteiger partial charge in [-0.2, -0.15) is 0 Å². The molecule has 2 N–H and O–H groups in total. The number of likely N-dealkylation sites (N-methyl/N-ethyl adjacent to an activating group) is 1. The van der Waals surface area contributed by atoms with Gasteiger partial charge in [0, 0.05) is 5.56 Å². The number of carbonyl (C=O) groups is 2. The highest BCUT2D eigenvalue weighted by atomic mass is 16.4. The molecule has 4 heteroatoms. The smallest absolute Gasteiger partial charge is 0.328 e. The summed E-state index contributed by atoms with van der Waals surface area (Å²) in [5.41, 5.74) is 3.19. The number of nitrogens with one attached hydrogen (secondary N) is 1. The zero-order valence-corrected chi connectivity index (χ0v) is 10.5. The number of carboxylic acid groups (broad SMARTS) is 1. The first kappa shape index (κ1) is 13.4. The van der Waals surface area contributed by atoms with E-state index in [9.17, 15) is 9.59 Å². The Labute approximate surface area is 101 Å². The third-order valence-electron chi connectivity index (χ3n) is 2.72. The highest BCUT2D eigenvalue weighted by Crippen LogP contribution is 2.18. The lowest BCUT2D eigenvalue weighted by Crippen LogP contribution is -2.41. The number of hydrogen-bond acceptors (Lipinski definition) is 3. The van der Waals surface area contributed by atoms with Crippen LogP contribution in [0.2, 0.25) is 0 Å². The summed E-state index contributed by atoms with van der Waals surface area (Å²) in [4.78, 5) is 23.1. The molecule has 1 atom stereocenters. The van der Waals surface area contributed by atoms with Crippen molar-refractivity contribution in [2.24, 2.45) is 0 Å². The van der Waals surface area contributed by atoms with Gasteiger partial charge in [-0.25, -0.2) is 0 Å². The maximum absolute atomic E-state index is 12.1. The SMILES string of the molecule is CNC(C(=O)O)C(=O)c1c(C)cc(C)cc1C. The lowest BCUT2D eigenvalue weighted by Gasteiger charge is -2.14. The molecule has 0 spiro atoms.